The minimum absolute atomic E-state index is 0.492. The molecule has 1 N–H and O–H groups in total. The fourth-order valence-electron chi connectivity index (χ4n) is 2.40. The number of aromatic nitrogens is 1. The topological polar surface area (TPSA) is 24.9 Å². The van der Waals surface area contributed by atoms with Gasteiger partial charge in [-0.1, -0.05) is 42.3 Å². The molecule has 0 aliphatic rings. The first-order valence-corrected chi connectivity index (χ1v) is 7.98. The van der Waals surface area contributed by atoms with Crippen LogP contribution in [0.5, 0.6) is 0 Å². The van der Waals surface area contributed by atoms with Crippen LogP contribution in [0, 0.1) is 5.92 Å². The average Bonchev–Trinajstić information content (AvgIpc) is 2.49. The van der Waals surface area contributed by atoms with Crippen LogP contribution in [0.1, 0.15) is 18.1 Å². The van der Waals surface area contributed by atoms with Crippen LogP contribution < -0.4 is 5.32 Å². The first-order valence-electron chi connectivity index (χ1n) is 7.22. The highest BCUT2D eigenvalue weighted by molar-refractivity contribution is 6.31. The number of pyridine rings is 1. The summed E-state index contributed by atoms with van der Waals surface area (Å²) in [7, 11) is 0. The molecule has 0 radical (unpaired) electrons. The molecule has 1 aromatic heterocycles. The first kappa shape index (κ1) is 16.3. The number of halogens is 2. The average molecular weight is 323 g/mol. The van der Waals surface area contributed by atoms with E-state index in [1.165, 1.54) is 5.56 Å². The standard InChI is InChI=1S/C17H20Cl2N2/c1-2-20-11-14(9-13-3-5-16(18)6-4-13)10-15-7-8-21-12-17(15)19/h3-8,12,14,20H,2,9-11H2,1H3. The van der Waals surface area contributed by atoms with Gasteiger partial charge in [0.2, 0.25) is 0 Å². The van der Waals surface area contributed by atoms with E-state index in [-0.39, 0.29) is 0 Å². The van der Waals surface area contributed by atoms with Crippen molar-refractivity contribution in [1.82, 2.24) is 10.3 Å². The summed E-state index contributed by atoms with van der Waals surface area (Å²) in [5.41, 5.74) is 2.45. The second-order valence-corrected chi connectivity index (χ2v) is 6.02. The lowest BCUT2D eigenvalue weighted by molar-refractivity contribution is 0.478. The summed E-state index contributed by atoms with van der Waals surface area (Å²) in [5, 5.41) is 4.96. The summed E-state index contributed by atoms with van der Waals surface area (Å²) in [6.07, 6.45) is 5.46. The molecule has 0 aliphatic carbocycles. The van der Waals surface area contributed by atoms with Gasteiger partial charge in [-0.15, -0.1) is 0 Å². The third-order valence-corrected chi connectivity index (χ3v) is 4.08. The Balaban J connectivity index is 2.07. The summed E-state index contributed by atoms with van der Waals surface area (Å²) in [6, 6.07) is 10.1. The van der Waals surface area contributed by atoms with E-state index in [0.29, 0.717) is 5.92 Å². The molecule has 0 saturated carbocycles. The molecule has 1 aromatic carbocycles. The van der Waals surface area contributed by atoms with E-state index < -0.39 is 0 Å². The third kappa shape index (κ3) is 5.31. The van der Waals surface area contributed by atoms with Crippen LogP contribution in [0.15, 0.2) is 42.7 Å². The van der Waals surface area contributed by atoms with Crippen molar-refractivity contribution < 1.29 is 0 Å². The lowest BCUT2D eigenvalue weighted by Gasteiger charge is -2.18. The van der Waals surface area contributed by atoms with Crippen LogP contribution in [0.3, 0.4) is 0 Å². The Kier molecular flexibility index (Phi) is 6.50. The molecule has 0 saturated heterocycles. The van der Waals surface area contributed by atoms with Gasteiger partial charge in [-0.05, 0) is 61.2 Å². The number of benzene rings is 1. The Bertz CT molecular complexity index is 555. The van der Waals surface area contributed by atoms with Crippen LogP contribution in [-0.4, -0.2) is 18.1 Å². The fraction of sp³-hybridized carbons (Fsp3) is 0.353. The minimum atomic E-state index is 0.492. The van der Waals surface area contributed by atoms with Crippen LogP contribution in [-0.2, 0) is 12.8 Å². The molecule has 4 heteroatoms. The highest BCUT2D eigenvalue weighted by atomic mass is 35.5. The highest BCUT2D eigenvalue weighted by Gasteiger charge is 2.12. The summed E-state index contributed by atoms with van der Waals surface area (Å²) in [5.74, 6) is 0.492. The Labute approximate surface area is 136 Å². The number of nitrogens with one attached hydrogen (secondary N) is 1. The molecular formula is C17H20Cl2N2. The molecule has 2 rings (SSSR count). The van der Waals surface area contributed by atoms with Gasteiger partial charge in [-0.2, -0.15) is 0 Å². The molecule has 0 aliphatic heterocycles. The lowest BCUT2D eigenvalue weighted by atomic mass is 9.93. The quantitative estimate of drug-likeness (QED) is 0.817. The van der Waals surface area contributed by atoms with Crippen LogP contribution in [0.4, 0.5) is 0 Å². The van der Waals surface area contributed by atoms with Gasteiger partial charge in [0, 0.05) is 17.4 Å². The maximum Gasteiger partial charge on any atom is 0.0621 e. The van der Waals surface area contributed by atoms with E-state index in [0.717, 1.165) is 41.5 Å². The number of rotatable bonds is 7. The molecule has 0 amide bonds. The van der Waals surface area contributed by atoms with Crippen molar-refractivity contribution in [3.05, 3.63) is 63.9 Å². The molecule has 2 aromatic rings. The van der Waals surface area contributed by atoms with Crippen molar-refractivity contribution in [3.63, 3.8) is 0 Å². The van der Waals surface area contributed by atoms with Crippen molar-refractivity contribution >= 4 is 23.2 Å². The van der Waals surface area contributed by atoms with Gasteiger partial charge in [0.15, 0.2) is 0 Å². The van der Waals surface area contributed by atoms with E-state index >= 15 is 0 Å². The van der Waals surface area contributed by atoms with Gasteiger partial charge < -0.3 is 5.32 Å². The Morgan fingerprint density at radius 2 is 1.86 bits per heavy atom. The van der Waals surface area contributed by atoms with Crippen molar-refractivity contribution in [1.29, 1.82) is 0 Å². The van der Waals surface area contributed by atoms with Gasteiger partial charge in [0.25, 0.3) is 0 Å². The van der Waals surface area contributed by atoms with Gasteiger partial charge >= 0.3 is 0 Å². The van der Waals surface area contributed by atoms with Gasteiger partial charge in [-0.3, -0.25) is 4.98 Å². The van der Waals surface area contributed by atoms with E-state index in [1.807, 2.05) is 18.2 Å². The van der Waals surface area contributed by atoms with Crippen molar-refractivity contribution in [3.8, 4) is 0 Å². The van der Waals surface area contributed by atoms with E-state index in [9.17, 15) is 0 Å². The summed E-state index contributed by atoms with van der Waals surface area (Å²) < 4.78 is 0. The van der Waals surface area contributed by atoms with E-state index in [1.54, 1.807) is 12.4 Å². The number of nitrogens with zero attached hydrogens (tertiary/aromatic N) is 1. The number of hydrogen-bond acceptors (Lipinski definition) is 2. The van der Waals surface area contributed by atoms with Crippen molar-refractivity contribution in [2.75, 3.05) is 13.1 Å². The maximum absolute atomic E-state index is 6.23. The maximum atomic E-state index is 6.23. The zero-order chi connectivity index (χ0) is 15.1. The largest absolute Gasteiger partial charge is 0.317 e. The predicted octanol–water partition coefficient (Wildman–Crippen LogP) is 4.40. The van der Waals surface area contributed by atoms with Crippen LogP contribution in [0.25, 0.3) is 0 Å². The Hall–Kier alpha value is -1.09. The fourth-order valence-corrected chi connectivity index (χ4v) is 2.72. The second-order valence-electron chi connectivity index (χ2n) is 5.18. The summed E-state index contributed by atoms with van der Waals surface area (Å²) in [4.78, 5) is 4.05. The van der Waals surface area contributed by atoms with Gasteiger partial charge in [0.05, 0.1) is 5.02 Å². The molecule has 1 atom stereocenters. The predicted molar refractivity (Wildman–Crippen MR) is 90.1 cm³/mol. The monoisotopic (exact) mass is 322 g/mol. The van der Waals surface area contributed by atoms with Gasteiger partial charge in [0.1, 0.15) is 0 Å². The van der Waals surface area contributed by atoms with Crippen LogP contribution in [0.2, 0.25) is 10.0 Å². The summed E-state index contributed by atoms with van der Waals surface area (Å²) >= 11 is 12.2. The highest BCUT2D eigenvalue weighted by Crippen LogP contribution is 2.21. The smallest absolute Gasteiger partial charge is 0.0621 e. The second kappa shape index (κ2) is 8.38. The first-order chi connectivity index (χ1) is 10.2. The molecule has 112 valence electrons. The molecule has 2 nitrogen and oxygen atoms in total. The third-order valence-electron chi connectivity index (χ3n) is 3.49. The Morgan fingerprint density at radius 3 is 2.52 bits per heavy atom. The van der Waals surface area contributed by atoms with Gasteiger partial charge in [-0.25, -0.2) is 0 Å². The summed E-state index contributed by atoms with van der Waals surface area (Å²) in [6.45, 7) is 4.07. The number of hydrogen-bond donors (Lipinski definition) is 1. The van der Waals surface area contributed by atoms with E-state index in [4.69, 9.17) is 23.2 Å². The van der Waals surface area contributed by atoms with Crippen LogP contribution >= 0.6 is 23.2 Å². The normalized spacial score (nSPS) is 12.3. The molecule has 0 fully saturated rings. The minimum Gasteiger partial charge on any atom is -0.317 e. The molecule has 1 unspecified atom stereocenters. The molecule has 21 heavy (non-hydrogen) atoms. The molecular weight excluding hydrogens is 303 g/mol. The van der Waals surface area contributed by atoms with Crippen molar-refractivity contribution in [2.24, 2.45) is 5.92 Å². The SMILES string of the molecule is CCNCC(Cc1ccc(Cl)cc1)Cc1ccncc1Cl. The lowest BCUT2D eigenvalue weighted by Crippen LogP contribution is -2.25. The zero-order valence-electron chi connectivity index (χ0n) is 12.2. The zero-order valence-corrected chi connectivity index (χ0v) is 13.7. The molecule has 1 heterocycles. The van der Waals surface area contributed by atoms with Crippen molar-refractivity contribution in [2.45, 2.75) is 19.8 Å². The van der Waals surface area contributed by atoms with E-state index in [2.05, 4.69) is 29.4 Å². The molecule has 0 spiro atoms. The molecule has 0 bridgehead atoms. The Morgan fingerprint density at radius 1 is 1.10 bits per heavy atom.